The van der Waals surface area contributed by atoms with Gasteiger partial charge in [-0.2, -0.15) is 10.2 Å². The summed E-state index contributed by atoms with van der Waals surface area (Å²) in [6, 6.07) is 0. The summed E-state index contributed by atoms with van der Waals surface area (Å²) in [5.74, 6) is 0.469. The maximum Gasteiger partial charge on any atom is 0.127 e. The molecule has 0 fully saturated rings. The lowest BCUT2D eigenvalue weighted by molar-refractivity contribution is 0.221. The number of nitrogen functional groups attached to an aromatic ring is 1. The molecule has 6 heteroatoms. The van der Waals surface area contributed by atoms with Gasteiger partial charge in [-0.25, -0.2) is 0 Å². The first kappa shape index (κ1) is 10.7. The summed E-state index contributed by atoms with van der Waals surface area (Å²) in [6.45, 7) is 2.76. The van der Waals surface area contributed by atoms with Crippen molar-refractivity contribution in [3.05, 3.63) is 29.7 Å². The van der Waals surface area contributed by atoms with Crippen molar-refractivity contribution in [2.75, 3.05) is 5.73 Å². The average Bonchev–Trinajstić information content (AvgIpc) is 2.87. The molecule has 1 atom stereocenters. The molecule has 0 saturated carbocycles. The number of aliphatic hydroxyl groups is 1. The molecule has 6 nitrogen and oxygen atoms in total. The van der Waals surface area contributed by atoms with Crippen molar-refractivity contribution < 1.29 is 5.11 Å². The van der Waals surface area contributed by atoms with E-state index in [1.807, 2.05) is 6.92 Å². The molecule has 0 aromatic carbocycles. The Labute approximate surface area is 93.3 Å². The fourth-order valence-corrected chi connectivity index (χ4v) is 1.55. The molecule has 3 N–H and O–H groups in total. The van der Waals surface area contributed by atoms with E-state index in [0.29, 0.717) is 11.4 Å². The Balaban J connectivity index is 2.31. The molecule has 0 aliphatic rings. The van der Waals surface area contributed by atoms with Crippen LogP contribution in [0.5, 0.6) is 0 Å². The number of rotatable bonds is 3. The molecular formula is C10H15N5O. The molecule has 0 radical (unpaired) electrons. The first-order valence-corrected chi connectivity index (χ1v) is 5.11. The van der Waals surface area contributed by atoms with Gasteiger partial charge in [0, 0.05) is 30.9 Å². The highest BCUT2D eigenvalue weighted by Crippen LogP contribution is 2.25. The zero-order valence-corrected chi connectivity index (χ0v) is 9.33. The summed E-state index contributed by atoms with van der Waals surface area (Å²) in [6.07, 6.45) is 4.25. The highest BCUT2D eigenvalue weighted by atomic mass is 16.3. The summed E-state index contributed by atoms with van der Waals surface area (Å²) < 4.78 is 3.29. The lowest BCUT2D eigenvalue weighted by Gasteiger charge is -2.07. The molecule has 0 amide bonds. The van der Waals surface area contributed by atoms with E-state index in [-0.39, 0.29) is 0 Å². The fraction of sp³-hybridized carbons (Fsp3) is 0.400. The van der Waals surface area contributed by atoms with Gasteiger partial charge in [0.2, 0.25) is 0 Å². The number of nitrogens with two attached hydrogens (primary N) is 1. The van der Waals surface area contributed by atoms with E-state index in [1.54, 1.807) is 30.3 Å². The summed E-state index contributed by atoms with van der Waals surface area (Å²) >= 11 is 0. The molecule has 86 valence electrons. The molecule has 0 saturated heterocycles. The minimum atomic E-state index is -0.769. The summed E-state index contributed by atoms with van der Waals surface area (Å²) in [5.41, 5.74) is 7.13. The second-order valence-electron chi connectivity index (χ2n) is 3.64. The van der Waals surface area contributed by atoms with Gasteiger partial charge in [-0.3, -0.25) is 9.36 Å². The molecular weight excluding hydrogens is 206 g/mol. The topological polar surface area (TPSA) is 81.9 Å². The molecule has 0 spiro atoms. The number of aliphatic hydroxyl groups excluding tert-OH is 1. The van der Waals surface area contributed by atoms with Crippen molar-refractivity contribution in [2.24, 2.45) is 7.05 Å². The van der Waals surface area contributed by atoms with E-state index in [9.17, 15) is 5.11 Å². The molecule has 2 aromatic heterocycles. The van der Waals surface area contributed by atoms with E-state index in [1.165, 1.54) is 4.68 Å². The van der Waals surface area contributed by atoms with Crippen LogP contribution in [-0.2, 0) is 13.6 Å². The van der Waals surface area contributed by atoms with Gasteiger partial charge in [-0.1, -0.05) is 0 Å². The Morgan fingerprint density at radius 3 is 2.69 bits per heavy atom. The van der Waals surface area contributed by atoms with E-state index >= 15 is 0 Å². The minimum absolute atomic E-state index is 0.469. The second kappa shape index (κ2) is 3.97. The fourth-order valence-electron chi connectivity index (χ4n) is 1.55. The van der Waals surface area contributed by atoms with Crippen molar-refractivity contribution in [3.63, 3.8) is 0 Å². The molecule has 0 aliphatic carbocycles. The van der Waals surface area contributed by atoms with Crippen molar-refractivity contribution in [2.45, 2.75) is 19.6 Å². The van der Waals surface area contributed by atoms with Crippen LogP contribution in [0.3, 0.4) is 0 Å². The highest BCUT2D eigenvalue weighted by molar-refractivity contribution is 5.43. The SMILES string of the molecule is CCn1cc(C(O)c2cnn(C)c2N)cn1. The predicted molar refractivity (Wildman–Crippen MR) is 59.6 cm³/mol. The number of aryl methyl sites for hydroxylation is 2. The van der Waals surface area contributed by atoms with Crippen LogP contribution >= 0.6 is 0 Å². The Hall–Kier alpha value is -1.82. The monoisotopic (exact) mass is 221 g/mol. The van der Waals surface area contributed by atoms with Crippen molar-refractivity contribution in [1.82, 2.24) is 19.6 Å². The van der Waals surface area contributed by atoms with Gasteiger partial charge < -0.3 is 10.8 Å². The van der Waals surface area contributed by atoms with E-state index < -0.39 is 6.10 Å². The summed E-state index contributed by atoms with van der Waals surface area (Å²) in [5, 5.41) is 18.2. The van der Waals surface area contributed by atoms with Crippen molar-refractivity contribution in [3.8, 4) is 0 Å². The van der Waals surface area contributed by atoms with Gasteiger partial charge in [0.25, 0.3) is 0 Å². The Morgan fingerprint density at radius 1 is 1.44 bits per heavy atom. The molecule has 2 rings (SSSR count). The summed E-state index contributed by atoms with van der Waals surface area (Å²) in [4.78, 5) is 0. The molecule has 2 aromatic rings. The van der Waals surface area contributed by atoms with E-state index in [0.717, 1.165) is 12.1 Å². The van der Waals surface area contributed by atoms with Crippen LogP contribution in [-0.4, -0.2) is 24.7 Å². The standard InChI is InChI=1S/C10H15N5O/c1-3-15-6-7(4-13-15)9(16)8-5-12-14(2)10(8)11/h4-6,9,16H,3,11H2,1-2H3. The van der Waals surface area contributed by atoms with Gasteiger partial charge in [-0.05, 0) is 6.92 Å². The number of aromatic nitrogens is 4. The van der Waals surface area contributed by atoms with Gasteiger partial charge in [0.1, 0.15) is 11.9 Å². The van der Waals surface area contributed by atoms with Crippen LogP contribution in [0.2, 0.25) is 0 Å². The molecule has 0 aliphatic heterocycles. The zero-order chi connectivity index (χ0) is 11.7. The molecule has 1 unspecified atom stereocenters. The van der Waals surface area contributed by atoms with Crippen LogP contribution in [0.1, 0.15) is 24.2 Å². The lowest BCUT2D eigenvalue weighted by Crippen LogP contribution is -2.04. The third-order valence-electron chi connectivity index (χ3n) is 2.60. The number of anilines is 1. The highest BCUT2D eigenvalue weighted by Gasteiger charge is 2.17. The van der Waals surface area contributed by atoms with Crippen LogP contribution in [0.4, 0.5) is 5.82 Å². The maximum atomic E-state index is 10.1. The quantitative estimate of drug-likeness (QED) is 0.781. The van der Waals surface area contributed by atoms with Crippen LogP contribution in [0, 0.1) is 0 Å². The largest absolute Gasteiger partial charge is 0.384 e. The molecule has 16 heavy (non-hydrogen) atoms. The van der Waals surface area contributed by atoms with Crippen LogP contribution in [0.15, 0.2) is 18.6 Å². The second-order valence-corrected chi connectivity index (χ2v) is 3.64. The van der Waals surface area contributed by atoms with E-state index in [4.69, 9.17) is 5.73 Å². The van der Waals surface area contributed by atoms with Crippen LogP contribution < -0.4 is 5.73 Å². The minimum Gasteiger partial charge on any atom is -0.384 e. The van der Waals surface area contributed by atoms with Crippen molar-refractivity contribution >= 4 is 5.82 Å². The van der Waals surface area contributed by atoms with Gasteiger partial charge >= 0.3 is 0 Å². The smallest absolute Gasteiger partial charge is 0.127 e. The summed E-state index contributed by atoms with van der Waals surface area (Å²) in [7, 11) is 1.74. The number of hydrogen-bond donors (Lipinski definition) is 2. The lowest BCUT2D eigenvalue weighted by atomic mass is 10.1. The van der Waals surface area contributed by atoms with E-state index in [2.05, 4.69) is 10.2 Å². The average molecular weight is 221 g/mol. The molecule has 0 bridgehead atoms. The Morgan fingerprint density at radius 2 is 2.19 bits per heavy atom. The maximum absolute atomic E-state index is 10.1. The van der Waals surface area contributed by atoms with Gasteiger partial charge in [0.15, 0.2) is 0 Å². The van der Waals surface area contributed by atoms with Crippen molar-refractivity contribution in [1.29, 1.82) is 0 Å². The zero-order valence-electron chi connectivity index (χ0n) is 9.33. The first-order chi connectivity index (χ1) is 7.63. The Kier molecular flexibility index (Phi) is 2.66. The third kappa shape index (κ3) is 1.67. The molecule has 2 heterocycles. The normalized spacial score (nSPS) is 12.9. The van der Waals surface area contributed by atoms with Crippen LogP contribution in [0.25, 0.3) is 0 Å². The van der Waals surface area contributed by atoms with Gasteiger partial charge in [0.05, 0.1) is 12.4 Å². The number of nitrogens with zero attached hydrogens (tertiary/aromatic N) is 4. The number of hydrogen-bond acceptors (Lipinski definition) is 4. The Bertz CT molecular complexity index is 487. The predicted octanol–water partition coefficient (Wildman–Crippen LogP) is 0.300. The first-order valence-electron chi connectivity index (χ1n) is 5.11. The third-order valence-corrected chi connectivity index (χ3v) is 2.60. The van der Waals surface area contributed by atoms with Gasteiger partial charge in [-0.15, -0.1) is 0 Å².